The smallest absolute Gasteiger partial charge is 0.411 e. The molecule has 0 unspecified atom stereocenters. The van der Waals surface area contributed by atoms with Crippen LogP contribution in [-0.4, -0.2) is 28.8 Å². The molecule has 1 heterocycles. The predicted molar refractivity (Wildman–Crippen MR) is 66.8 cm³/mol. The number of aromatic carboxylic acids is 1. The second kappa shape index (κ2) is 3.88. The maximum atomic E-state index is 11.1. The average molecular weight is 270 g/mol. The first-order chi connectivity index (χ1) is 8.24. The molecule has 2 rings (SSSR count). The summed E-state index contributed by atoms with van der Waals surface area (Å²) in [6.45, 7) is 4.03. The van der Waals surface area contributed by atoms with Gasteiger partial charge in [0.05, 0.1) is 16.3 Å². The molecule has 5 nitrogen and oxygen atoms in total. The third-order valence-corrected chi connectivity index (χ3v) is 3.43. The Bertz CT molecular complexity index is 553. The number of hydrogen-bond donors (Lipinski definition) is 2. The maximum absolute atomic E-state index is 11.1. The molecule has 0 fully saturated rings. The summed E-state index contributed by atoms with van der Waals surface area (Å²) in [5.74, 6) is -1.12. The number of halogens is 1. The quantitative estimate of drug-likeness (QED) is 0.822. The van der Waals surface area contributed by atoms with E-state index in [0.717, 1.165) is 0 Å². The Hall–Kier alpha value is -1.75. The number of hydrogen-bond acceptors (Lipinski definition) is 2. The molecule has 1 aromatic carbocycles. The number of anilines is 1. The van der Waals surface area contributed by atoms with E-state index in [1.807, 2.05) is 13.8 Å². The minimum atomic E-state index is -1.12. The van der Waals surface area contributed by atoms with Crippen molar-refractivity contribution in [1.82, 2.24) is 0 Å². The third-order valence-electron chi connectivity index (χ3n) is 3.12. The molecule has 96 valence electrons. The number of amides is 1. The molecule has 1 aliphatic heterocycles. The number of rotatable bonds is 1. The van der Waals surface area contributed by atoms with Gasteiger partial charge in [0.15, 0.2) is 0 Å². The first-order valence-corrected chi connectivity index (χ1v) is 5.69. The number of carboxylic acid groups (broad SMARTS) is 2. The molecule has 0 saturated carbocycles. The number of carbonyl (C=O) groups is 2. The van der Waals surface area contributed by atoms with Crippen molar-refractivity contribution in [3.63, 3.8) is 0 Å². The van der Waals surface area contributed by atoms with Crippen LogP contribution >= 0.6 is 11.6 Å². The van der Waals surface area contributed by atoms with Crippen LogP contribution in [0.5, 0.6) is 0 Å². The standard InChI is InChI=1S/C12H12ClNO4/c1-12(2)5-14(11(17)18)9-4-8(13)6(10(15)16)3-7(9)12/h3-4H,5H2,1-2H3,(H,15,16)(H,17,18). The van der Waals surface area contributed by atoms with Crippen molar-refractivity contribution in [3.8, 4) is 0 Å². The fraction of sp³-hybridized carbons (Fsp3) is 0.333. The minimum absolute atomic E-state index is 0.00395. The zero-order chi connectivity index (χ0) is 13.7. The molecule has 1 aromatic rings. The molecule has 18 heavy (non-hydrogen) atoms. The zero-order valence-corrected chi connectivity index (χ0v) is 10.7. The molecular formula is C12H12ClNO4. The van der Waals surface area contributed by atoms with Crippen molar-refractivity contribution in [2.24, 2.45) is 0 Å². The molecule has 0 saturated heterocycles. The van der Waals surface area contributed by atoms with Gasteiger partial charge in [-0.3, -0.25) is 4.90 Å². The van der Waals surface area contributed by atoms with Gasteiger partial charge < -0.3 is 10.2 Å². The summed E-state index contributed by atoms with van der Waals surface area (Å²) < 4.78 is 0. The van der Waals surface area contributed by atoms with Gasteiger partial charge in [-0.05, 0) is 17.7 Å². The van der Waals surface area contributed by atoms with Crippen LogP contribution in [0.1, 0.15) is 29.8 Å². The van der Waals surface area contributed by atoms with Gasteiger partial charge in [0.2, 0.25) is 0 Å². The molecule has 0 aliphatic carbocycles. The molecule has 6 heteroatoms. The van der Waals surface area contributed by atoms with Crippen molar-refractivity contribution < 1.29 is 19.8 Å². The van der Waals surface area contributed by atoms with Gasteiger partial charge in [0.25, 0.3) is 0 Å². The van der Waals surface area contributed by atoms with E-state index in [2.05, 4.69) is 0 Å². The third kappa shape index (κ3) is 1.80. The molecule has 2 N–H and O–H groups in total. The maximum Gasteiger partial charge on any atom is 0.411 e. The van der Waals surface area contributed by atoms with E-state index in [1.165, 1.54) is 17.0 Å². The Balaban J connectivity index is 2.66. The lowest BCUT2D eigenvalue weighted by atomic mass is 9.86. The summed E-state index contributed by atoms with van der Waals surface area (Å²) in [5, 5.41) is 18.2. The topological polar surface area (TPSA) is 77.8 Å². The first-order valence-electron chi connectivity index (χ1n) is 5.32. The summed E-state index contributed by atoms with van der Waals surface area (Å²) >= 11 is 5.87. The van der Waals surface area contributed by atoms with Crippen LogP contribution in [0, 0.1) is 0 Å². The van der Waals surface area contributed by atoms with Crippen molar-refractivity contribution >= 4 is 29.4 Å². The lowest BCUT2D eigenvalue weighted by Crippen LogP contribution is -2.32. The molecular weight excluding hydrogens is 258 g/mol. The number of nitrogens with zero attached hydrogens (tertiary/aromatic N) is 1. The summed E-state index contributed by atoms with van der Waals surface area (Å²) in [4.78, 5) is 23.4. The fourth-order valence-electron chi connectivity index (χ4n) is 2.23. The Morgan fingerprint density at radius 3 is 2.44 bits per heavy atom. The SMILES string of the molecule is CC1(C)CN(C(=O)O)c2cc(Cl)c(C(=O)O)cc21. The normalized spacial score (nSPS) is 16.5. The van der Waals surface area contributed by atoms with E-state index in [4.69, 9.17) is 21.8 Å². The van der Waals surface area contributed by atoms with E-state index in [9.17, 15) is 9.59 Å². The van der Waals surface area contributed by atoms with Gasteiger partial charge >= 0.3 is 12.1 Å². The van der Waals surface area contributed by atoms with Crippen molar-refractivity contribution in [1.29, 1.82) is 0 Å². The van der Waals surface area contributed by atoms with E-state index < -0.39 is 17.5 Å². The summed E-state index contributed by atoms with van der Waals surface area (Å²) in [6, 6.07) is 2.87. The van der Waals surface area contributed by atoms with E-state index >= 15 is 0 Å². The second-order valence-corrected chi connectivity index (χ2v) is 5.31. The average Bonchev–Trinajstić information content (AvgIpc) is 2.49. The largest absolute Gasteiger partial charge is 0.478 e. The Morgan fingerprint density at radius 1 is 1.33 bits per heavy atom. The van der Waals surface area contributed by atoms with Gasteiger partial charge in [-0.2, -0.15) is 0 Å². The van der Waals surface area contributed by atoms with Gasteiger partial charge in [-0.25, -0.2) is 9.59 Å². The van der Waals surface area contributed by atoms with Crippen LogP contribution in [0.3, 0.4) is 0 Å². The molecule has 0 atom stereocenters. The molecule has 0 bridgehead atoms. The van der Waals surface area contributed by atoms with Crippen LogP contribution in [0.25, 0.3) is 0 Å². The van der Waals surface area contributed by atoms with Gasteiger partial charge in [-0.1, -0.05) is 25.4 Å². The minimum Gasteiger partial charge on any atom is -0.478 e. The van der Waals surface area contributed by atoms with Gasteiger partial charge in [-0.15, -0.1) is 0 Å². The lowest BCUT2D eigenvalue weighted by Gasteiger charge is -2.18. The Morgan fingerprint density at radius 2 is 1.94 bits per heavy atom. The second-order valence-electron chi connectivity index (χ2n) is 4.91. The van der Waals surface area contributed by atoms with Crippen molar-refractivity contribution in [2.45, 2.75) is 19.3 Å². The highest BCUT2D eigenvalue weighted by Gasteiger charge is 2.39. The van der Waals surface area contributed by atoms with Crippen LogP contribution in [-0.2, 0) is 5.41 Å². The van der Waals surface area contributed by atoms with Gasteiger partial charge in [0.1, 0.15) is 0 Å². The van der Waals surface area contributed by atoms with Crippen molar-refractivity contribution in [3.05, 3.63) is 28.3 Å². The number of benzene rings is 1. The molecule has 0 aromatic heterocycles. The van der Waals surface area contributed by atoms with Crippen LogP contribution in [0.4, 0.5) is 10.5 Å². The molecule has 0 radical (unpaired) electrons. The number of fused-ring (bicyclic) bond motifs is 1. The van der Waals surface area contributed by atoms with Crippen LogP contribution in [0.2, 0.25) is 5.02 Å². The van der Waals surface area contributed by atoms with Crippen LogP contribution in [0.15, 0.2) is 12.1 Å². The van der Waals surface area contributed by atoms with E-state index in [1.54, 1.807) is 0 Å². The Kier molecular flexibility index (Phi) is 2.74. The molecule has 1 amide bonds. The highest BCUT2D eigenvalue weighted by molar-refractivity contribution is 6.34. The summed E-state index contributed by atoms with van der Waals surface area (Å²) in [6.07, 6.45) is -1.07. The lowest BCUT2D eigenvalue weighted by molar-refractivity contribution is 0.0697. The highest BCUT2D eigenvalue weighted by Crippen LogP contribution is 2.42. The molecule has 1 aliphatic rings. The summed E-state index contributed by atoms with van der Waals surface area (Å²) in [7, 11) is 0. The van der Waals surface area contributed by atoms with Crippen molar-refractivity contribution in [2.75, 3.05) is 11.4 Å². The summed E-state index contributed by atoms with van der Waals surface area (Å²) in [5.41, 5.74) is 0.715. The fourth-order valence-corrected chi connectivity index (χ4v) is 2.47. The first kappa shape index (κ1) is 12.7. The predicted octanol–water partition coefficient (Wildman–Crippen LogP) is 2.81. The van der Waals surface area contributed by atoms with E-state index in [0.29, 0.717) is 11.3 Å². The molecule has 0 spiro atoms. The zero-order valence-electron chi connectivity index (χ0n) is 9.90. The van der Waals surface area contributed by atoms with Crippen LogP contribution < -0.4 is 4.90 Å². The number of carboxylic acids is 1. The highest BCUT2D eigenvalue weighted by atomic mass is 35.5. The monoisotopic (exact) mass is 269 g/mol. The van der Waals surface area contributed by atoms with E-state index in [-0.39, 0.29) is 17.1 Å². The Labute approximate surface area is 109 Å². The van der Waals surface area contributed by atoms with Gasteiger partial charge in [0, 0.05) is 12.0 Å².